The van der Waals surface area contributed by atoms with Crippen LogP contribution in [0.2, 0.25) is 0 Å². The molecule has 3 aromatic rings. The lowest BCUT2D eigenvalue weighted by atomic mass is 9.96. The number of aryl methyl sites for hydroxylation is 1. The van der Waals surface area contributed by atoms with Crippen LogP contribution in [0.5, 0.6) is 11.5 Å². The first kappa shape index (κ1) is 26.9. The van der Waals surface area contributed by atoms with Gasteiger partial charge < -0.3 is 29.6 Å². The smallest absolute Gasteiger partial charge is 0.302 e. The third-order valence-corrected chi connectivity index (χ3v) is 6.18. The van der Waals surface area contributed by atoms with Crippen molar-refractivity contribution in [3.8, 4) is 11.5 Å². The van der Waals surface area contributed by atoms with E-state index in [1.807, 2.05) is 0 Å². The molecule has 1 aromatic heterocycles. The normalized spacial score (nSPS) is 17.0. The van der Waals surface area contributed by atoms with Gasteiger partial charge in [-0.3, -0.25) is 0 Å². The van der Waals surface area contributed by atoms with Crippen molar-refractivity contribution in [1.29, 1.82) is 0 Å². The van der Waals surface area contributed by atoms with Crippen molar-refractivity contribution in [2.24, 2.45) is 0 Å². The molecule has 1 unspecified atom stereocenters. The number of methoxy groups -OCH3 is 2. The fraction of sp³-hybridized carbons (Fsp3) is 0.462. The highest BCUT2D eigenvalue weighted by Crippen LogP contribution is 2.39. The van der Waals surface area contributed by atoms with Crippen LogP contribution in [0.1, 0.15) is 29.9 Å². The number of morpholine rings is 1. The minimum atomic E-state index is -3.50. The van der Waals surface area contributed by atoms with E-state index in [0.29, 0.717) is 53.8 Å². The molecule has 2 aromatic carbocycles. The summed E-state index contributed by atoms with van der Waals surface area (Å²) >= 11 is 0. The molecule has 200 valence electrons. The maximum Gasteiger partial charge on any atom is 0.302 e. The number of nitrogens with zero attached hydrogens (tertiary/aromatic N) is 2. The summed E-state index contributed by atoms with van der Waals surface area (Å²) in [7, 11) is 3.10. The van der Waals surface area contributed by atoms with Gasteiger partial charge in [0.15, 0.2) is 11.5 Å². The van der Waals surface area contributed by atoms with Crippen molar-refractivity contribution in [3.05, 3.63) is 53.1 Å². The zero-order chi connectivity index (χ0) is 26.6. The average Bonchev–Trinajstić information content (AvgIpc) is 2.89. The van der Waals surface area contributed by atoms with Crippen LogP contribution in [-0.4, -0.2) is 63.2 Å². The standard InChI is InChI=1S/C26H31F3N4O4/c1-15(17-6-5-7-19(24(17)27)26(28,29)23-14-30-8-9-37-23)31-25-18-12-22(36-11-10-34-3)21(35-4)13-20(18)32-16(2)33-25/h5-7,12-13,15,23,30H,8-11,14H2,1-4H3,(H,31,32,33)/t15-,23?/m1/s1. The van der Waals surface area contributed by atoms with Crippen LogP contribution >= 0.6 is 0 Å². The summed E-state index contributed by atoms with van der Waals surface area (Å²) in [6, 6.07) is 6.76. The van der Waals surface area contributed by atoms with Crippen molar-refractivity contribution < 1.29 is 32.1 Å². The molecule has 2 heterocycles. The van der Waals surface area contributed by atoms with Gasteiger partial charge in [0, 0.05) is 37.2 Å². The zero-order valence-corrected chi connectivity index (χ0v) is 21.2. The maximum atomic E-state index is 15.5. The molecule has 1 aliphatic rings. The minimum Gasteiger partial charge on any atom is -0.493 e. The Morgan fingerprint density at radius 3 is 2.70 bits per heavy atom. The molecular formula is C26H31F3N4O4. The Labute approximate surface area is 213 Å². The summed E-state index contributed by atoms with van der Waals surface area (Å²) in [4.78, 5) is 8.97. The molecule has 0 spiro atoms. The Balaban J connectivity index is 1.67. The van der Waals surface area contributed by atoms with E-state index in [0.717, 1.165) is 6.07 Å². The first-order valence-corrected chi connectivity index (χ1v) is 12.0. The fourth-order valence-electron chi connectivity index (χ4n) is 4.27. The van der Waals surface area contributed by atoms with Gasteiger partial charge in [0.2, 0.25) is 0 Å². The molecule has 1 aliphatic heterocycles. The molecule has 4 rings (SSSR count). The van der Waals surface area contributed by atoms with Gasteiger partial charge in [-0.2, -0.15) is 8.78 Å². The number of fused-ring (bicyclic) bond motifs is 1. The van der Waals surface area contributed by atoms with Gasteiger partial charge in [0.25, 0.3) is 0 Å². The fourth-order valence-corrected chi connectivity index (χ4v) is 4.27. The summed E-state index contributed by atoms with van der Waals surface area (Å²) in [6.07, 6.45) is -1.45. The van der Waals surface area contributed by atoms with Crippen molar-refractivity contribution in [2.45, 2.75) is 31.9 Å². The van der Waals surface area contributed by atoms with Crippen LogP contribution in [0.25, 0.3) is 10.9 Å². The predicted octanol–water partition coefficient (Wildman–Crippen LogP) is 4.36. The van der Waals surface area contributed by atoms with Gasteiger partial charge in [-0.1, -0.05) is 12.1 Å². The summed E-state index contributed by atoms with van der Waals surface area (Å²) in [6.45, 7) is 4.66. The first-order chi connectivity index (χ1) is 17.8. The summed E-state index contributed by atoms with van der Waals surface area (Å²) in [5.74, 6) is -2.66. The second-order valence-corrected chi connectivity index (χ2v) is 8.74. The van der Waals surface area contributed by atoms with Gasteiger partial charge >= 0.3 is 5.92 Å². The molecule has 37 heavy (non-hydrogen) atoms. The van der Waals surface area contributed by atoms with Crippen LogP contribution in [0.4, 0.5) is 19.0 Å². The van der Waals surface area contributed by atoms with Crippen molar-refractivity contribution in [1.82, 2.24) is 15.3 Å². The van der Waals surface area contributed by atoms with Crippen LogP contribution in [0, 0.1) is 12.7 Å². The van der Waals surface area contributed by atoms with E-state index in [4.69, 9.17) is 18.9 Å². The number of halogens is 3. The zero-order valence-electron chi connectivity index (χ0n) is 21.2. The van der Waals surface area contributed by atoms with Crippen LogP contribution in [0.15, 0.2) is 30.3 Å². The van der Waals surface area contributed by atoms with Gasteiger partial charge in [-0.15, -0.1) is 0 Å². The van der Waals surface area contributed by atoms with E-state index >= 15 is 13.2 Å². The van der Waals surface area contributed by atoms with Crippen molar-refractivity contribution in [3.63, 3.8) is 0 Å². The number of aromatic nitrogens is 2. The van der Waals surface area contributed by atoms with Gasteiger partial charge in [-0.25, -0.2) is 14.4 Å². The molecular weight excluding hydrogens is 489 g/mol. The first-order valence-electron chi connectivity index (χ1n) is 12.0. The number of nitrogens with one attached hydrogen (secondary N) is 2. The van der Waals surface area contributed by atoms with Gasteiger partial charge in [0.1, 0.15) is 30.2 Å². The second-order valence-electron chi connectivity index (χ2n) is 8.74. The van der Waals surface area contributed by atoms with Crippen molar-refractivity contribution in [2.75, 3.05) is 52.4 Å². The molecule has 0 bridgehead atoms. The molecule has 0 amide bonds. The highest BCUT2D eigenvalue weighted by molar-refractivity contribution is 5.92. The molecule has 0 radical (unpaired) electrons. The third kappa shape index (κ3) is 5.73. The Kier molecular flexibility index (Phi) is 8.35. The molecule has 0 aliphatic carbocycles. The molecule has 2 N–H and O–H groups in total. The van der Waals surface area contributed by atoms with E-state index in [1.54, 1.807) is 33.1 Å². The Hall–Kier alpha value is -3.15. The molecule has 1 fully saturated rings. The number of benzene rings is 2. The van der Waals surface area contributed by atoms with E-state index < -0.39 is 29.4 Å². The molecule has 8 nitrogen and oxygen atoms in total. The van der Waals surface area contributed by atoms with Crippen LogP contribution in [0.3, 0.4) is 0 Å². The van der Waals surface area contributed by atoms with Gasteiger partial charge in [-0.05, 0) is 26.0 Å². The monoisotopic (exact) mass is 520 g/mol. The largest absolute Gasteiger partial charge is 0.493 e. The van der Waals surface area contributed by atoms with Crippen molar-refractivity contribution >= 4 is 16.7 Å². The highest BCUT2D eigenvalue weighted by Gasteiger charge is 2.45. The molecule has 1 saturated heterocycles. The highest BCUT2D eigenvalue weighted by atomic mass is 19.3. The van der Waals surface area contributed by atoms with Crippen LogP contribution in [-0.2, 0) is 15.4 Å². The second kappa shape index (κ2) is 11.5. The van der Waals surface area contributed by atoms with E-state index in [9.17, 15) is 0 Å². The Morgan fingerprint density at radius 2 is 2.00 bits per heavy atom. The number of alkyl halides is 2. The number of hydrogen-bond donors (Lipinski definition) is 2. The Morgan fingerprint density at radius 1 is 1.19 bits per heavy atom. The maximum absolute atomic E-state index is 15.5. The lowest BCUT2D eigenvalue weighted by molar-refractivity contribution is -0.153. The predicted molar refractivity (Wildman–Crippen MR) is 133 cm³/mol. The topological polar surface area (TPSA) is 86.8 Å². The molecule has 0 saturated carbocycles. The lowest BCUT2D eigenvalue weighted by Crippen LogP contribution is -2.47. The van der Waals surface area contributed by atoms with Crippen LogP contribution < -0.4 is 20.1 Å². The SMILES string of the molecule is COCCOc1cc2c(N[C@H](C)c3cccc(C(F)(F)C4CNCCO4)c3F)nc(C)nc2cc1OC. The third-order valence-electron chi connectivity index (χ3n) is 6.18. The summed E-state index contributed by atoms with van der Waals surface area (Å²) < 4.78 is 67.4. The Bertz CT molecular complexity index is 1240. The van der Waals surface area contributed by atoms with E-state index in [2.05, 4.69) is 20.6 Å². The van der Waals surface area contributed by atoms with E-state index in [1.165, 1.54) is 19.2 Å². The number of rotatable bonds is 10. The van der Waals surface area contributed by atoms with Gasteiger partial charge in [0.05, 0.1) is 37.4 Å². The summed E-state index contributed by atoms with van der Waals surface area (Å²) in [5.41, 5.74) is -0.0362. The van der Waals surface area contributed by atoms with E-state index in [-0.39, 0.29) is 18.7 Å². The lowest BCUT2D eigenvalue weighted by Gasteiger charge is -2.31. The number of ether oxygens (including phenoxy) is 4. The minimum absolute atomic E-state index is 0.0606. The molecule has 11 heteroatoms. The number of anilines is 1. The number of hydrogen-bond acceptors (Lipinski definition) is 8. The quantitative estimate of drug-likeness (QED) is 0.382. The molecule has 2 atom stereocenters. The average molecular weight is 521 g/mol. The summed E-state index contributed by atoms with van der Waals surface area (Å²) in [5, 5.41) is 6.65.